The number of aromatic nitrogens is 3. The van der Waals surface area contributed by atoms with Gasteiger partial charge in [-0.25, -0.2) is 18.7 Å². The minimum absolute atomic E-state index is 0.207. The molecule has 98 valence electrons. The number of pyridine rings is 1. The fourth-order valence-corrected chi connectivity index (χ4v) is 2.11. The van der Waals surface area contributed by atoms with E-state index in [1.807, 2.05) is 0 Å². The highest BCUT2D eigenvalue weighted by Crippen LogP contribution is 2.32. The largest absolute Gasteiger partial charge is 0.388 e. The van der Waals surface area contributed by atoms with Gasteiger partial charge in [-0.15, -0.1) is 0 Å². The fraction of sp³-hybridized carbons (Fsp3) is 0.455. The lowest BCUT2D eigenvalue weighted by atomic mass is 10.2. The average Bonchev–Trinajstić information content (AvgIpc) is 2.64. The molecule has 2 heterocycles. The first-order valence-corrected chi connectivity index (χ1v) is 6.15. The van der Waals surface area contributed by atoms with Crippen molar-refractivity contribution in [3.05, 3.63) is 22.7 Å². The lowest BCUT2D eigenvalue weighted by Crippen LogP contribution is -2.26. The second-order valence-electron chi connectivity index (χ2n) is 4.18. The molecule has 7 heteroatoms. The Morgan fingerprint density at radius 3 is 2.78 bits per heavy atom. The Bertz CT molecular complexity index is 579. The Morgan fingerprint density at radius 2 is 2.22 bits per heavy atom. The molecule has 2 aromatic heterocycles. The summed E-state index contributed by atoms with van der Waals surface area (Å²) in [5.41, 5.74) is 1.01. The smallest absolute Gasteiger partial charge is 0.265 e. The van der Waals surface area contributed by atoms with E-state index in [2.05, 4.69) is 25.9 Å². The number of aliphatic hydroxyl groups excluding tert-OH is 1. The van der Waals surface area contributed by atoms with Crippen LogP contribution in [0.4, 0.5) is 8.78 Å². The lowest BCUT2D eigenvalue weighted by Gasteiger charge is -2.23. The van der Waals surface area contributed by atoms with Gasteiger partial charge in [0.2, 0.25) is 0 Å². The van der Waals surface area contributed by atoms with Crippen LogP contribution in [0.1, 0.15) is 25.7 Å². The number of fused-ring (bicyclic) bond motifs is 1. The van der Waals surface area contributed by atoms with E-state index in [0.29, 0.717) is 15.6 Å². The van der Waals surface area contributed by atoms with Gasteiger partial charge in [0.1, 0.15) is 22.6 Å². The molecule has 0 aliphatic rings. The Kier molecular flexibility index (Phi) is 3.37. The highest BCUT2D eigenvalue weighted by Gasteiger charge is 2.34. The molecule has 4 nitrogen and oxygen atoms in total. The van der Waals surface area contributed by atoms with Crippen LogP contribution in [0.25, 0.3) is 11.0 Å². The third-order valence-corrected chi connectivity index (χ3v) is 3.31. The molecule has 0 fully saturated rings. The minimum atomic E-state index is -2.91. The van der Waals surface area contributed by atoms with Crippen molar-refractivity contribution in [2.24, 2.45) is 0 Å². The van der Waals surface area contributed by atoms with Crippen LogP contribution in [-0.4, -0.2) is 25.6 Å². The second-order valence-corrected chi connectivity index (χ2v) is 5.00. The SMILES string of the molecule is C[C@H](n1c(CO)nc2cnc(Br)cc21)C(C)(F)F. The zero-order chi connectivity index (χ0) is 13.5. The Labute approximate surface area is 111 Å². The molecule has 18 heavy (non-hydrogen) atoms. The van der Waals surface area contributed by atoms with Crippen LogP contribution in [0.15, 0.2) is 16.9 Å². The van der Waals surface area contributed by atoms with Gasteiger partial charge in [-0.1, -0.05) is 0 Å². The van der Waals surface area contributed by atoms with Gasteiger partial charge in [-0.2, -0.15) is 0 Å². The van der Waals surface area contributed by atoms with E-state index in [-0.39, 0.29) is 5.82 Å². The molecule has 0 aliphatic heterocycles. The maximum absolute atomic E-state index is 13.5. The molecule has 0 aromatic carbocycles. The molecule has 1 N–H and O–H groups in total. The van der Waals surface area contributed by atoms with Crippen LogP contribution in [0.2, 0.25) is 0 Å². The molecule has 0 aliphatic carbocycles. The molecule has 0 amide bonds. The molecular weight excluding hydrogens is 308 g/mol. The van der Waals surface area contributed by atoms with Crippen molar-refractivity contribution in [3.63, 3.8) is 0 Å². The average molecular weight is 320 g/mol. The summed E-state index contributed by atoms with van der Waals surface area (Å²) in [6.45, 7) is 1.85. The normalized spacial score (nSPS) is 14.1. The van der Waals surface area contributed by atoms with Gasteiger partial charge in [0.15, 0.2) is 0 Å². The zero-order valence-corrected chi connectivity index (χ0v) is 11.4. The predicted octanol–water partition coefficient (Wildman–Crippen LogP) is 2.90. The molecule has 2 rings (SSSR count). The number of hydrogen-bond acceptors (Lipinski definition) is 3. The van der Waals surface area contributed by atoms with E-state index in [4.69, 9.17) is 0 Å². The molecule has 2 aromatic rings. The van der Waals surface area contributed by atoms with E-state index < -0.39 is 18.6 Å². The van der Waals surface area contributed by atoms with Crippen molar-refractivity contribution in [3.8, 4) is 0 Å². The van der Waals surface area contributed by atoms with E-state index in [1.54, 1.807) is 6.07 Å². The van der Waals surface area contributed by atoms with Crippen LogP contribution in [-0.2, 0) is 6.61 Å². The first-order valence-electron chi connectivity index (χ1n) is 5.35. The summed E-state index contributed by atoms with van der Waals surface area (Å²) in [6, 6.07) is 0.517. The van der Waals surface area contributed by atoms with Crippen molar-refractivity contribution in [2.45, 2.75) is 32.4 Å². The molecule has 0 saturated carbocycles. The maximum Gasteiger partial charge on any atom is 0.265 e. The Hall–Kier alpha value is -1.08. The lowest BCUT2D eigenvalue weighted by molar-refractivity contribution is -0.0263. The van der Waals surface area contributed by atoms with Gasteiger partial charge < -0.3 is 9.67 Å². The molecular formula is C11H12BrF2N3O. The molecule has 0 unspecified atom stereocenters. The number of aliphatic hydroxyl groups is 1. The summed E-state index contributed by atoms with van der Waals surface area (Å²) in [6.07, 6.45) is 1.48. The fourth-order valence-electron chi connectivity index (χ4n) is 1.79. The van der Waals surface area contributed by atoms with Gasteiger partial charge in [-0.3, -0.25) is 0 Å². The van der Waals surface area contributed by atoms with Gasteiger partial charge in [-0.05, 0) is 28.9 Å². The number of rotatable bonds is 3. The van der Waals surface area contributed by atoms with Gasteiger partial charge in [0.05, 0.1) is 17.8 Å². The first-order chi connectivity index (χ1) is 8.34. The number of nitrogens with zero attached hydrogens (tertiary/aromatic N) is 3. The summed E-state index contributed by atoms with van der Waals surface area (Å²) in [7, 11) is 0. The summed E-state index contributed by atoms with van der Waals surface area (Å²) < 4.78 is 28.8. The third-order valence-electron chi connectivity index (χ3n) is 2.88. The van der Waals surface area contributed by atoms with Gasteiger partial charge in [0.25, 0.3) is 5.92 Å². The van der Waals surface area contributed by atoms with Crippen LogP contribution in [0.5, 0.6) is 0 Å². The topological polar surface area (TPSA) is 50.9 Å². The molecule has 0 bridgehead atoms. The van der Waals surface area contributed by atoms with Gasteiger partial charge in [0, 0.05) is 6.92 Å². The highest BCUT2D eigenvalue weighted by molar-refractivity contribution is 9.10. The predicted molar refractivity (Wildman–Crippen MR) is 66.5 cm³/mol. The van der Waals surface area contributed by atoms with Crippen LogP contribution in [0, 0.1) is 0 Å². The number of alkyl halides is 2. The van der Waals surface area contributed by atoms with E-state index in [9.17, 15) is 13.9 Å². The maximum atomic E-state index is 13.5. The summed E-state index contributed by atoms with van der Waals surface area (Å²) in [5, 5.41) is 9.24. The standard InChI is InChI=1S/C11H12BrF2N3O/c1-6(11(2,13)14)17-8-3-9(12)15-4-7(8)16-10(17)5-18/h3-4,6,18H,5H2,1-2H3/t6-/m0/s1. The van der Waals surface area contributed by atoms with Crippen LogP contribution < -0.4 is 0 Å². The first kappa shape index (κ1) is 13.4. The van der Waals surface area contributed by atoms with Crippen molar-refractivity contribution in [1.82, 2.24) is 14.5 Å². The second kappa shape index (κ2) is 4.55. The number of halogens is 3. The molecule has 0 radical (unpaired) electrons. The monoisotopic (exact) mass is 319 g/mol. The zero-order valence-electron chi connectivity index (χ0n) is 9.86. The van der Waals surface area contributed by atoms with Crippen molar-refractivity contribution in [1.29, 1.82) is 0 Å². The van der Waals surface area contributed by atoms with Crippen LogP contribution >= 0.6 is 15.9 Å². The number of hydrogen-bond donors (Lipinski definition) is 1. The van der Waals surface area contributed by atoms with E-state index in [0.717, 1.165) is 6.92 Å². The summed E-state index contributed by atoms with van der Waals surface area (Å²) in [4.78, 5) is 8.09. The van der Waals surface area contributed by atoms with E-state index in [1.165, 1.54) is 17.7 Å². The van der Waals surface area contributed by atoms with Crippen molar-refractivity contribution >= 4 is 27.0 Å². The Balaban J connectivity index is 2.70. The van der Waals surface area contributed by atoms with Crippen molar-refractivity contribution < 1.29 is 13.9 Å². The van der Waals surface area contributed by atoms with Crippen molar-refractivity contribution in [2.75, 3.05) is 0 Å². The summed E-state index contributed by atoms with van der Waals surface area (Å²) >= 11 is 3.20. The quantitative estimate of drug-likeness (QED) is 0.885. The van der Waals surface area contributed by atoms with Gasteiger partial charge >= 0.3 is 0 Å². The summed E-state index contributed by atoms with van der Waals surface area (Å²) in [5.74, 6) is -2.70. The Morgan fingerprint density at radius 1 is 1.56 bits per heavy atom. The molecule has 0 spiro atoms. The van der Waals surface area contributed by atoms with E-state index >= 15 is 0 Å². The minimum Gasteiger partial charge on any atom is -0.388 e. The van der Waals surface area contributed by atoms with Crippen LogP contribution in [0.3, 0.4) is 0 Å². The molecule has 0 saturated heterocycles. The third kappa shape index (κ3) is 2.24. The number of imidazole rings is 1. The molecule has 1 atom stereocenters. The highest BCUT2D eigenvalue weighted by atomic mass is 79.9.